The van der Waals surface area contributed by atoms with Gasteiger partial charge < -0.3 is 4.74 Å². The molecule has 2 aromatic heterocycles. The summed E-state index contributed by atoms with van der Waals surface area (Å²) in [5.74, 6) is -0.849. The minimum Gasteiger partial charge on any atom is -0.459 e. The van der Waals surface area contributed by atoms with E-state index in [1.807, 2.05) is 61.5 Å². The Balaban J connectivity index is 1.55. The van der Waals surface area contributed by atoms with Crippen molar-refractivity contribution in [2.75, 3.05) is 0 Å². The van der Waals surface area contributed by atoms with E-state index >= 15 is 0 Å². The number of ether oxygens (including phenoxy) is 1. The minimum atomic E-state index is -0.480. The zero-order valence-electron chi connectivity index (χ0n) is 17.0. The van der Waals surface area contributed by atoms with E-state index in [9.17, 15) is 9.59 Å². The van der Waals surface area contributed by atoms with Gasteiger partial charge in [0.1, 0.15) is 12.3 Å². The van der Waals surface area contributed by atoms with E-state index in [0.717, 1.165) is 16.8 Å². The number of rotatable bonds is 6. The number of nitrogens with zero attached hydrogens (tertiary/aromatic N) is 2. The summed E-state index contributed by atoms with van der Waals surface area (Å²) in [6.45, 7) is 1.78. The average Bonchev–Trinajstić information content (AvgIpc) is 2.77. The maximum absolute atomic E-state index is 13.0. The largest absolute Gasteiger partial charge is 0.459 e. The molecule has 0 aliphatic heterocycles. The van der Waals surface area contributed by atoms with Gasteiger partial charge in [-0.1, -0.05) is 60.1 Å². The molecule has 6 heteroatoms. The standard InChI is InChI=1S/C25H21ClN2O3/c1-17-6-5-9-23-27-21(15-24(29)28(17)23)16-31-25(30)22(19-7-3-2-4-8-19)14-18-10-12-20(26)13-11-18/h2-13,15,22H,14,16H2,1H3. The fourth-order valence-electron chi connectivity index (χ4n) is 3.56. The maximum atomic E-state index is 13.0. The first kappa shape index (κ1) is 20.8. The summed E-state index contributed by atoms with van der Waals surface area (Å²) >= 11 is 5.98. The van der Waals surface area contributed by atoms with Gasteiger partial charge >= 0.3 is 5.97 Å². The molecule has 1 atom stereocenters. The van der Waals surface area contributed by atoms with E-state index in [2.05, 4.69) is 4.98 Å². The number of carbonyl (C=O) groups excluding carboxylic acids is 1. The van der Waals surface area contributed by atoms with Crippen molar-refractivity contribution in [3.8, 4) is 0 Å². The van der Waals surface area contributed by atoms with Crippen molar-refractivity contribution in [3.05, 3.63) is 117 Å². The van der Waals surface area contributed by atoms with Crippen molar-refractivity contribution >= 4 is 23.2 Å². The second-order valence-corrected chi connectivity index (χ2v) is 7.78. The maximum Gasteiger partial charge on any atom is 0.314 e. The number of pyridine rings is 1. The lowest BCUT2D eigenvalue weighted by molar-refractivity contribution is -0.147. The van der Waals surface area contributed by atoms with Crippen LogP contribution in [0.15, 0.2) is 83.7 Å². The summed E-state index contributed by atoms with van der Waals surface area (Å²) < 4.78 is 7.13. The number of halogens is 1. The van der Waals surface area contributed by atoms with Crippen molar-refractivity contribution in [2.45, 2.75) is 25.9 Å². The van der Waals surface area contributed by atoms with Crippen LogP contribution in [-0.4, -0.2) is 15.4 Å². The predicted octanol–water partition coefficient (Wildman–Crippen LogP) is 4.73. The fourth-order valence-corrected chi connectivity index (χ4v) is 3.69. The zero-order chi connectivity index (χ0) is 21.8. The molecule has 31 heavy (non-hydrogen) atoms. The Morgan fingerprint density at radius 2 is 1.77 bits per heavy atom. The topological polar surface area (TPSA) is 60.7 Å². The smallest absolute Gasteiger partial charge is 0.314 e. The second-order valence-electron chi connectivity index (χ2n) is 7.35. The summed E-state index contributed by atoms with van der Waals surface area (Å²) in [5, 5.41) is 0.645. The molecule has 156 valence electrons. The van der Waals surface area contributed by atoms with Crippen LogP contribution in [0, 0.1) is 6.92 Å². The Morgan fingerprint density at radius 3 is 2.52 bits per heavy atom. The highest BCUT2D eigenvalue weighted by molar-refractivity contribution is 6.30. The summed E-state index contributed by atoms with van der Waals surface area (Å²) in [5.41, 5.74) is 3.39. The van der Waals surface area contributed by atoms with E-state index < -0.39 is 5.92 Å². The molecule has 0 spiro atoms. The molecule has 5 nitrogen and oxygen atoms in total. The molecular formula is C25H21ClN2O3. The molecule has 2 aromatic carbocycles. The first-order valence-electron chi connectivity index (χ1n) is 9.95. The number of hydrogen-bond acceptors (Lipinski definition) is 4. The van der Waals surface area contributed by atoms with Crippen LogP contribution in [0.2, 0.25) is 5.02 Å². The highest BCUT2D eigenvalue weighted by atomic mass is 35.5. The van der Waals surface area contributed by atoms with Crippen LogP contribution in [0.5, 0.6) is 0 Å². The number of esters is 1. The number of aryl methyl sites for hydroxylation is 1. The van der Waals surface area contributed by atoms with Crippen LogP contribution in [0.3, 0.4) is 0 Å². The van der Waals surface area contributed by atoms with Gasteiger partial charge in [-0.25, -0.2) is 4.98 Å². The van der Waals surface area contributed by atoms with Gasteiger partial charge in [-0.2, -0.15) is 0 Å². The Morgan fingerprint density at radius 1 is 1.03 bits per heavy atom. The molecule has 0 radical (unpaired) electrons. The van der Waals surface area contributed by atoms with Crippen LogP contribution in [0.1, 0.15) is 28.4 Å². The zero-order valence-corrected chi connectivity index (χ0v) is 17.8. The minimum absolute atomic E-state index is 0.0670. The third kappa shape index (κ3) is 4.84. The monoisotopic (exact) mass is 432 g/mol. The van der Waals surface area contributed by atoms with E-state index in [4.69, 9.17) is 16.3 Å². The number of fused-ring (bicyclic) bond motifs is 1. The van der Waals surface area contributed by atoms with Gasteiger partial charge in [0.15, 0.2) is 0 Å². The number of benzene rings is 2. The number of hydrogen-bond donors (Lipinski definition) is 0. The van der Waals surface area contributed by atoms with E-state index in [-0.39, 0.29) is 18.1 Å². The molecule has 0 fully saturated rings. The number of carbonyl (C=O) groups is 1. The first-order valence-corrected chi connectivity index (χ1v) is 10.3. The lowest BCUT2D eigenvalue weighted by Crippen LogP contribution is -2.21. The van der Waals surface area contributed by atoms with Crippen LogP contribution in [-0.2, 0) is 22.6 Å². The van der Waals surface area contributed by atoms with Gasteiger partial charge in [0.25, 0.3) is 5.56 Å². The molecule has 0 N–H and O–H groups in total. The molecule has 0 aliphatic carbocycles. The summed E-state index contributed by atoms with van der Waals surface area (Å²) in [6.07, 6.45) is 0.479. The highest BCUT2D eigenvalue weighted by Gasteiger charge is 2.23. The molecule has 2 heterocycles. The molecular weight excluding hydrogens is 412 g/mol. The molecule has 4 rings (SSSR count). The summed E-state index contributed by atoms with van der Waals surface area (Å²) in [4.78, 5) is 30.0. The van der Waals surface area contributed by atoms with Gasteiger partial charge in [0, 0.05) is 16.8 Å². The Kier molecular flexibility index (Phi) is 6.14. The molecule has 1 unspecified atom stereocenters. The first-order chi connectivity index (χ1) is 15.0. The van der Waals surface area contributed by atoms with Gasteiger partial charge in [0.2, 0.25) is 0 Å². The molecule has 0 saturated heterocycles. The van der Waals surface area contributed by atoms with Crippen molar-refractivity contribution in [2.24, 2.45) is 0 Å². The van der Waals surface area contributed by atoms with E-state index in [1.165, 1.54) is 10.5 Å². The van der Waals surface area contributed by atoms with Gasteiger partial charge in [-0.05, 0) is 48.7 Å². The fraction of sp³-hybridized carbons (Fsp3) is 0.160. The molecule has 0 bridgehead atoms. The Labute approximate surface area is 184 Å². The Hall–Kier alpha value is -3.44. The lowest BCUT2D eigenvalue weighted by atomic mass is 9.92. The molecule has 0 amide bonds. The van der Waals surface area contributed by atoms with Crippen molar-refractivity contribution in [3.63, 3.8) is 0 Å². The SMILES string of the molecule is Cc1cccc2nc(COC(=O)C(Cc3ccc(Cl)cc3)c3ccccc3)cc(=O)n12. The number of aromatic nitrogens is 2. The summed E-state index contributed by atoms with van der Waals surface area (Å²) in [7, 11) is 0. The second kappa shape index (κ2) is 9.14. The molecule has 0 aliphatic rings. The van der Waals surface area contributed by atoms with Crippen LogP contribution in [0.25, 0.3) is 5.65 Å². The lowest BCUT2D eigenvalue weighted by Gasteiger charge is -2.17. The quantitative estimate of drug-likeness (QED) is 0.413. The summed E-state index contributed by atoms with van der Waals surface area (Å²) in [6, 6.07) is 23.8. The van der Waals surface area contributed by atoms with Gasteiger partial charge in [-0.3, -0.25) is 14.0 Å². The van der Waals surface area contributed by atoms with Crippen molar-refractivity contribution < 1.29 is 9.53 Å². The highest BCUT2D eigenvalue weighted by Crippen LogP contribution is 2.24. The third-order valence-electron chi connectivity index (χ3n) is 5.14. The van der Waals surface area contributed by atoms with Gasteiger partial charge in [-0.15, -0.1) is 0 Å². The van der Waals surface area contributed by atoms with E-state index in [1.54, 1.807) is 18.2 Å². The predicted molar refractivity (Wildman–Crippen MR) is 120 cm³/mol. The van der Waals surface area contributed by atoms with Gasteiger partial charge in [0.05, 0.1) is 11.6 Å². The van der Waals surface area contributed by atoms with Crippen LogP contribution < -0.4 is 5.56 Å². The van der Waals surface area contributed by atoms with E-state index in [0.29, 0.717) is 22.8 Å². The molecule has 4 aromatic rings. The van der Waals surface area contributed by atoms with Crippen LogP contribution >= 0.6 is 11.6 Å². The van der Waals surface area contributed by atoms with Crippen molar-refractivity contribution in [1.29, 1.82) is 0 Å². The third-order valence-corrected chi connectivity index (χ3v) is 5.39. The van der Waals surface area contributed by atoms with Crippen LogP contribution in [0.4, 0.5) is 0 Å². The molecule has 0 saturated carbocycles. The normalized spacial score (nSPS) is 11.9. The Bertz CT molecular complexity index is 1270. The van der Waals surface area contributed by atoms with Crippen molar-refractivity contribution in [1.82, 2.24) is 9.38 Å². The average molecular weight is 433 g/mol.